The summed E-state index contributed by atoms with van der Waals surface area (Å²) in [6.07, 6.45) is 0.790. The van der Waals surface area contributed by atoms with Gasteiger partial charge in [0.25, 0.3) is 0 Å². The zero-order valence-corrected chi connectivity index (χ0v) is 8.06. The average Bonchev–Trinajstić information content (AvgIpc) is 2.41. The maximum absolute atomic E-state index is 11.3. The van der Waals surface area contributed by atoms with Gasteiger partial charge in [-0.15, -0.1) is 0 Å². The summed E-state index contributed by atoms with van der Waals surface area (Å²) >= 11 is 0. The van der Waals surface area contributed by atoms with E-state index >= 15 is 0 Å². The average molecular weight is 202 g/mol. The number of aliphatic carboxylic acids is 1. The fraction of sp³-hybridized carbons (Fsp3) is 0.778. The standard InChI is InChI=1S/C9H14O5/c1-13-9(12)7-3-5-14-4-2-6(7)8(10)11/h6-7H,2-5H2,1H3,(H,10,11)/t6-,7+/m1/s1. The molecular weight excluding hydrogens is 188 g/mol. The quantitative estimate of drug-likeness (QED) is 0.651. The van der Waals surface area contributed by atoms with Gasteiger partial charge < -0.3 is 14.6 Å². The zero-order valence-electron chi connectivity index (χ0n) is 8.06. The van der Waals surface area contributed by atoms with Gasteiger partial charge in [-0.2, -0.15) is 0 Å². The maximum Gasteiger partial charge on any atom is 0.309 e. The summed E-state index contributed by atoms with van der Waals surface area (Å²) in [5.74, 6) is -2.65. The summed E-state index contributed by atoms with van der Waals surface area (Å²) < 4.78 is 9.70. The molecule has 2 atom stereocenters. The van der Waals surface area contributed by atoms with E-state index in [0.29, 0.717) is 26.1 Å². The number of rotatable bonds is 2. The van der Waals surface area contributed by atoms with Gasteiger partial charge in [-0.05, 0) is 12.8 Å². The van der Waals surface area contributed by atoms with Crippen molar-refractivity contribution in [3.05, 3.63) is 0 Å². The predicted octanol–water partition coefficient (Wildman–Crippen LogP) is 0.287. The van der Waals surface area contributed by atoms with Gasteiger partial charge in [0.15, 0.2) is 0 Å². The molecule has 0 aromatic carbocycles. The number of hydrogen-bond acceptors (Lipinski definition) is 4. The maximum atomic E-state index is 11.3. The Kier molecular flexibility index (Phi) is 3.88. The fourth-order valence-corrected chi connectivity index (χ4v) is 1.65. The van der Waals surface area contributed by atoms with E-state index in [2.05, 4.69) is 4.74 Å². The normalized spacial score (nSPS) is 27.8. The highest BCUT2D eigenvalue weighted by Gasteiger charge is 2.35. The monoisotopic (exact) mass is 202 g/mol. The molecule has 14 heavy (non-hydrogen) atoms. The second-order valence-electron chi connectivity index (χ2n) is 3.26. The van der Waals surface area contributed by atoms with Gasteiger partial charge in [0.05, 0.1) is 18.9 Å². The van der Waals surface area contributed by atoms with Crippen LogP contribution in [0.25, 0.3) is 0 Å². The van der Waals surface area contributed by atoms with Crippen molar-refractivity contribution in [3.63, 3.8) is 0 Å². The Balaban J connectivity index is 2.73. The van der Waals surface area contributed by atoms with Gasteiger partial charge in [0.1, 0.15) is 0 Å². The molecule has 1 rings (SSSR count). The van der Waals surface area contributed by atoms with E-state index in [0.717, 1.165) is 0 Å². The lowest BCUT2D eigenvalue weighted by Crippen LogP contribution is -2.30. The van der Waals surface area contributed by atoms with E-state index in [9.17, 15) is 9.59 Å². The van der Waals surface area contributed by atoms with Crippen molar-refractivity contribution in [1.29, 1.82) is 0 Å². The Bertz CT molecular complexity index is 225. The first kappa shape index (κ1) is 11.0. The highest BCUT2D eigenvalue weighted by atomic mass is 16.5. The van der Waals surface area contributed by atoms with Crippen LogP contribution in [0.15, 0.2) is 0 Å². The molecule has 0 unspecified atom stereocenters. The van der Waals surface area contributed by atoms with Crippen LogP contribution in [0.1, 0.15) is 12.8 Å². The van der Waals surface area contributed by atoms with Crippen LogP contribution in [0.4, 0.5) is 0 Å². The van der Waals surface area contributed by atoms with E-state index in [-0.39, 0.29) is 0 Å². The zero-order chi connectivity index (χ0) is 10.6. The molecule has 1 heterocycles. The summed E-state index contributed by atoms with van der Waals surface area (Å²) in [6, 6.07) is 0. The molecule has 1 aliphatic rings. The molecule has 1 saturated heterocycles. The molecule has 1 fully saturated rings. The molecule has 0 aromatic heterocycles. The molecule has 0 amide bonds. The number of esters is 1. The smallest absolute Gasteiger partial charge is 0.309 e. The first-order chi connectivity index (χ1) is 6.66. The number of methoxy groups -OCH3 is 1. The largest absolute Gasteiger partial charge is 0.481 e. The van der Waals surface area contributed by atoms with Crippen LogP contribution < -0.4 is 0 Å². The SMILES string of the molecule is COC(=O)[C@H]1CCOCC[C@H]1C(=O)O. The van der Waals surface area contributed by atoms with Crippen LogP contribution in [0.5, 0.6) is 0 Å². The number of carboxylic acid groups (broad SMARTS) is 1. The van der Waals surface area contributed by atoms with Crippen molar-refractivity contribution in [2.45, 2.75) is 12.8 Å². The topological polar surface area (TPSA) is 72.8 Å². The second-order valence-corrected chi connectivity index (χ2v) is 3.26. The first-order valence-electron chi connectivity index (χ1n) is 4.55. The van der Waals surface area contributed by atoms with E-state index in [4.69, 9.17) is 9.84 Å². The Hall–Kier alpha value is -1.10. The minimum atomic E-state index is -0.953. The lowest BCUT2D eigenvalue weighted by molar-refractivity contribution is -0.155. The number of carbonyl (C=O) groups is 2. The summed E-state index contributed by atoms with van der Waals surface area (Å²) in [7, 11) is 1.27. The molecule has 0 bridgehead atoms. The third-order valence-corrected chi connectivity index (χ3v) is 2.45. The molecule has 1 aliphatic heterocycles. The van der Waals surface area contributed by atoms with Crippen molar-refractivity contribution in [2.24, 2.45) is 11.8 Å². The van der Waals surface area contributed by atoms with Crippen molar-refractivity contribution in [3.8, 4) is 0 Å². The molecule has 80 valence electrons. The molecule has 0 aromatic rings. The van der Waals surface area contributed by atoms with Crippen LogP contribution >= 0.6 is 0 Å². The molecule has 1 N–H and O–H groups in total. The van der Waals surface area contributed by atoms with Crippen molar-refractivity contribution in [1.82, 2.24) is 0 Å². The highest BCUT2D eigenvalue weighted by Crippen LogP contribution is 2.24. The molecular formula is C9H14O5. The predicted molar refractivity (Wildman–Crippen MR) is 46.7 cm³/mol. The second kappa shape index (κ2) is 4.95. The van der Waals surface area contributed by atoms with E-state index in [1.54, 1.807) is 0 Å². The minimum absolute atomic E-state index is 0.370. The first-order valence-corrected chi connectivity index (χ1v) is 4.55. The van der Waals surface area contributed by atoms with E-state index in [1.165, 1.54) is 7.11 Å². The lowest BCUT2D eigenvalue weighted by atomic mass is 9.88. The Morgan fingerprint density at radius 3 is 2.36 bits per heavy atom. The summed E-state index contributed by atoms with van der Waals surface area (Å²) in [4.78, 5) is 22.2. The van der Waals surface area contributed by atoms with Crippen molar-refractivity contribution in [2.75, 3.05) is 20.3 Å². The molecule has 0 saturated carbocycles. The van der Waals surface area contributed by atoms with Crippen LogP contribution in [-0.2, 0) is 19.1 Å². The van der Waals surface area contributed by atoms with Gasteiger partial charge in [-0.3, -0.25) is 9.59 Å². The minimum Gasteiger partial charge on any atom is -0.481 e. The Morgan fingerprint density at radius 2 is 1.86 bits per heavy atom. The molecule has 0 aliphatic carbocycles. The van der Waals surface area contributed by atoms with Gasteiger partial charge in [0, 0.05) is 13.2 Å². The van der Waals surface area contributed by atoms with Crippen molar-refractivity contribution < 1.29 is 24.2 Å². The number of carboxylic acids is 1. The van der Waals surface area contributed by atoms with Crippen LogP contribution in [0, 0.1) is 11.8 Å². The third-order valence-electron chi connectivity index (χ3n) is 2.45. The number of hydrogen-bond donors (Lipinski definition) is 1. The lowest BCUT2D eigenvalue weighted by Gasteiger charge is -2.17. The summed E-state index contributed by atoms with van der Waals surface area (Å²) in [5, 5.41) is 8.91. The van der Waals surface area contributed by atoms with E-state index in [1.807, 2.05) is 0 Å². The van der Waals surface area contributed by atoms with Gasteiger partial charge >= 0.3 is 11.9 Å². The molecule has 0 spiro atoms. The van der Waals surface area contributed by atoms with Gasteiger partial charge in [-0.25, -0.2) is 0 Å². The Morgan fingerprint density at radius 1 is 1.29 bits per heavy atom. The highest BCUT2D eigenvalue weighted by molar-refractivity contribution is 5.81. The van der Waals surface area contributed by atoms with E-state index < -0.39 is 23.8 Å². The van der Waals surface area contributed by atoms with Gasteiger partial charge in [0.2, 0.25) is 0 Å². The van der Waals surface area contributed by atoms with Gasteiger partial charge in [-0.1, -0.05) is 0 Å². The number of carbonyl (C=O) groups excluding carboxylic acids is 1. The van der Waals surface area contributed by atoms with Crippen LogP contribution in [0.2, 0.25) is 0 Å². The summed E-state index contributed by atoms with van der Waals surface area (Å²) in [5.41, 5.74) is 0. The summed E-state index contributed by atoms with van der Waals surface area (Å²) in [6.45, 7) is 0.813. The third kappa shape index (κ3) is 2.45. The molecule has 5 nitrogen and oxygen atoms in total. The number of ether oxygens (including phenoxy) is 2. The fourth-order valence-electron chi connectivity index (χ4n) is 1.65. The van der Waals surface area contributed by atoms with Crippen LogP contribution in [0.3, 0.4) is 0 Å². The molecule has 5 heteroatoms. The molecule has 0 radical (unpaired) electrons. The Labute approximate surface area is 82.0 Å². The van der Waals surface area contributed by atoms with Crippen molar-refractivity contribution >= 4 is 11.9 Å². The van der Waals surface area contributed by atoms with Crippen LogP contribution in [-0.4, -0.2) is 37.4 Å².